The molecule has 1 aromatic rings. The molecule has 5 heteroatoms. The fraction of sp³-hybridized carbons (Fsp3) is 0.700. The first-order valence-corrected chi connectivity index (χ1v) is 5.23. The molecule has 0 N–H and O–H groups in total. The second kappa shape index (κ2) is 4.53. The summed E-state index contributed by atoms with van der Waals surface area (Å²) in [6.45, 7) is 0.690. The summed E-state index contributed by atoms with van der Waals surface area (Å²) < 4.78 is 4.68. The summed E-state index contributed by atoms with van der Waals surface area (Å²) in [5.41, 5.74) is 0. The lowest BCUT2D eigenvalue weighted by Crippen LogP contribution is -2.35. The molecule has 1 heterocycles. The van der Waals surface area contributed by atoms with Crippen LogP contribution in [0.4, 0.5) is 0 Å². The molecule has 1 aliphatic carbocycles. The van der Waals surface area contributed by atoms with Crippen molar-refractivity contribution in [3.63, 3.8) is 0 Å². The monoisotopic (exact) mass is 209 g/mol. The summed E-state index contributed by atoms with van der Waals surface area (Å²) in [6.07, 6.45) is 4.66. The zero-order valence-corrected chi connectivity index (χ0v) is 8.85. The molecule has 15 heavy (non-hydrogen) atoms. The van der Waals surface area contributed by atoms with Gasteiger partial charge < -0.3 is 4.52 Å². The molecule has 1 fully saturated rings. The van der Waals surface area contributed by atoms with Crippen molar-refractivity contribution in [2.75, 3.05) is 7.05 Å². The third kappa shape index (κ3) is 2.62. The van der Waals surface area contributed by atoms with Gasteiger partial charge in [0.25, 0.3) is 0 Å². The maximum absolute atomic E-state index is 11.1. The predicted octanol–water partition coefficient (Wildman–Crippen LogP) is 1.01. The first-order valence-electron chi connectivity index (χ1n) is 5.23. The Bertz CT molecular complexity index is 313. The lowest BCUT2D eigenvalue weighted by atomic mass is 9.93. The van der Waals surface area contributed by atoms with Gasteiger partial charge in [0.2, 0.25) is 6.39 Å². The number of hydrogen-bond acceptors (Lipinski definition) is 5. The molecule has 0 atom stereocenters. The van der Waals surface area contributed by atoms with Crippen LogP contribution in [0.1, 0.15) is 31.5 Å². The molecular weight excluding hydrogens is 194 g/mol. The molecule has 1 aliphatic rings. The number of nitrogens with zero attached hydrogens (tertiary/aromatic N) is 3. The molecule has 0 aliphatic heterocycles. The first-order chi connectivity index (χ1) is 7.25. The van der Waals surface area contributed by atoms with Crippen molar-refractivity contribution >= 4 is 5.78 Å². The number of hydrogen-bond donors (Lipinski definition) is 0. The molecule has 2 rings (SSSR count). The van der Waals surface area contributed by atoms with Gasteiger partial charge in [-0.05, 0) is 19.9 Å². The van der Waals surface area contributed by atoms with Gasteiger partial charge in [-0.1, -0.05) is 5.16 Å². The molecule has 0 spiro atoms. The Morgan fingerprint density at radius 3 is 2.87 bits per heavy atom. The van der Waals surface area contributed by atoms with Crippen LogP contribution in [0.15, 0.2) is 10.9 Å². The molecule has 0 radical (unpaired) electrons. The van der Waals surface area contributed by atoms with Crippen LogP contribution in [-0.4, -0.2) is 33.9 Å². The zero-order valence-electron chi connectivity index (χ0n) is 8.85. The third-order valence-corrected chi connectivity index (χ3v) is 2.93. The van der Waals surface area contributed by atoms with Crippen LogP contribution in [-0.2, 0) is 11.3 Å². The van der Waals surface area contributed by atoms with E-state index in [4.69, 9.17) is 0 Å². The number of aromatic nitrogens is 2. The van der Waals surface area contributed by atoms with E-state index < -0.39 is 0 Å². The van der Waals surface area contributed by atoms with E-state index in [-0.39, 0.29) is 0 Å². The number of carbonyl (C=O) groups excluding carboxylic acids is 1. The van der Waals surface area contributed by atoms with Gasteiger partial charge in [0, 0.05) is 18.9 Å². The van der Waals surface area contributed by atoms with Gasteiger partial charge in [0.1, 0.15) is 5.78 Å². The van der Waals surface area contributed by atoms with Crippen LogP contribution in [0.5, 0.6) is 0 Å². The average Bonchev–Trinajstić information content (AvgIpc) is 2.71. The summed E-state index contributed by atoms with van der Waals surface area (Å²) in [4.78, 5) is 17.3. The molecule has 0 amide bonds. The van der Waals surface area contributed by atoms with Crippen molar-refractivity contribution < 1.29 is 9.32 Å². The number of Topliss-reactive ketones (excluding diaryl/α,β-unsaturated/α-hetero) is 1. The smallest absolute Gasteiger partial charge is 0.213 e. The van der Waals surface area contributed by atoms with Crippen molar-refractivity contribution in [3.8, 4) is 0 Å². The van der Waals surface area contributed by atoms with E-state index in [1.807, 2.05) is 7.05 Å². The molecule has 0 saturated heterocycles. The Hall–Kier alpha value is -1.23. The Morgan fingerprint density at radius 1 is 1.53 bits per heavy atom. The number of rotatable bonds is 3. The maximum atomic E-state index is 11.1. The molecule has 0 unspecified atom stereocenters. The lowest BCUT2D eigenvalue weighted by Gasteiger charge is -2.29. The van der Waals surface area contributed by atoms with E-state index in [1.54, 1.807) is 0 Å². The largest absolute Gasteiger partial charge is 0.343 e. The van der Waals surface area contributed by atoms with Crippen molar-refractivity contribution in [2.24, 2.45) is 0 Å². The highest BCUT2D eigenvalue weighted by Gasteiger charge is 2.22. The molecular formula is C10H15N3O2. The summed E-state index contributed by atoms with van der Waals surface area (Å²) in [5, 5.41) is 3.77. The zero-order chi connectivity index (χ0) is 10.7. The third-order valence-electron chi connectivity index (χ3n) is 2.93. The maximum Gasteiger partial charge on any atom is 0.213 e. The number of carbonyl (C=O) groups is 1. The van der Waals surface area contributed by atoms with Crippen molar-refractivity contribution in [1.29, 1.82) is 0 Å². The Morgan fingerprint density at radius 2 is 2.27 bits per heavy atom. The van der Waals surface area contributed by atoms with Gasteiger partial charge in [-0.3, -0.25) is 9.69 Å². The van der Waals surface area contributed by atoms with Crippen LogP contribution in [0.25, 0.3) is 0 Å². The summed E-state index contributed by atoms with van der Waals surface area (Å²) in [6, 6.07) is 0.473. The van der Waals surface area contributed by atoms with Gasteiger partial charge >= 0.3 is 0 Å². The highest BCUT2D eigenvalue weighted by molar-refractivity contribution is 5.79. The van der Waals surface area contributed by atoms with Crippen molar-refractivity contribution in [1.82, 2.24) is 15.0 Å². The van der Waals surface area contributed by atoms with E-state index in [0.717, 1.165) is 12.8 Å². The van der Waals surface area contributed by atoms with E-state index in [9.17, 15) is 4.79 Å². The molecule has 1 saturated carbocycles. The lowest BCUT2D eigenvalue weighted by molar-refractivity contribution is -0.121. The fourth-order valence-electron chi connectivity index (χ4n) is 1.98. The van der Waals surface area contributed by atoms with Gasteiger partial charge in [0.05, 0.1) is 6.54 Å². The van der Waals surface area contributed by atoms with Gasteiger partial charge in [-0.15, -0.1) is 0 Å². The minimum atomic E-state index is 0.388. The van der Waals surface area contributed by atoms with Crippen molar-refractivity contribution in [3.05, 3.63) is 12.2 Å². The van der Waals surface area contributed by atoms with Crippen LogP contribution < -0.4 is 0 Å². The Balaban J connectivity index is 1.85. The van der Waals surface area contributed by atoms with Crippen molar-refractivity contribution in [2.45, 2.75) is 38.3 Å². The van der Waals surface area contributed by atoms with E-state index in [2.05, 4.69) is 19.6 Å². The minimum absolute atomic E-state index is 0.388. The van der Waals surface area contributed by atoms with Crippen LogP contribution in [0.2, 0.25) is 0 Å². The second-order valence-electron chi connectivity index (χ2n) is 4.03. The SMILES string of the molecule is CN(Cc1ncon1)C1CCC(=O)CC1. The number of ketones is 1. The first kappa shape index (κ1) is 10.3. The molecule has 0 aromatic carbocycles. The summed E-state index contributed by atoms with van der Waals surface area (Å²) >= 11 is 0. The Labute approximate surface area is 88.5 Å². The topological polar surface area (TPSA) is 59.2 Å². The minimum Gasteiger partial charge on any atom is -0.343 e. The quantitative estimate of drug-likeness (QED) is 0.743. The molecule has 82 valence electrons. The molecule has 1 aromatic heterocycles. The predicted molar refractivity (Wildman–Crippen MR) is 53.0 cm³/mol. The summed E-state index contributed by atoms with van der Waals surface area (Å²) in [5.74, 6) is 1.09. The fourth-order valence-corrected chi connectivity index (χ4v) is 1.98. The van der Waals surface area contributed by atoms with Gasteiger partial charge in [0.15, 0.2) is 5.82 Å². The summed E-state index contributed by atoms with van der Waals surface area (Å²) in [7, 11) is 2.04. The second-order valence-corrected chi connectivity index (χ2v) is 4.03. The van der Waals surface area contributed by atoms with E-state index >= 15 is 0 Å². The molecule has 0 bridgehead atoms. The average molecular weight is 209 g/mol. The normalized spacial score (nSPS) is 18.7. The van der Waals surface area contributed by atoms with Gasteiger partial charge in [-0.2, -0.15) is 4.98 Å². The van der Waals surface area contributed by atoms with Crippen LogP contribution >= 0.6 is 0 Å². The highest BCUT2D eigenvalue weighted by atomic mass is 16.5. The highest BCUT2D eigenvalue weighted by Crippen LogP contribution is 2.20. The van der Waals surface area contributed by atoms with E-state index in [1.165, 1.54) is 6.39 Å². The van der Waals surface area contributed by atoms with Gasteiger partial charge in [-0.25, -0.2) is 0 Å². The molecule has 5 nitrogen and oxygen atoms in total. The van der Waals surface area contributed by atoms with Crippen LogP contribution in [0, 0.1) is 0 Å². The standard InChI is InChI=1S/C10H15N3O2/c1-13(6-10-11-7-15-12-10)8-2-4-9(14)5-3-8/h7-8H,2-6H2,1H3. The Kier molecular flexibility index (Phi) is 3.11. The van der Waals surface area contributed by atoms with E-state index in [0.29, 0.717) is 37.0 Å². The van der Waals surface area contributed by atoms with Crippen LogP contribution in [0.3, 0.4) is 0 Å².